The van der Waals surface area contributed by atoms with Crippen molar-refractivity contribution in [1.82, 2.24) is 0 Å². The van der Waals surface area contributed by atoms with E-state index in [1.165, 1.54) is 0 Å². The van der Waals surface area contributed by atoms with Crippen molar-refractivity contribution in [3.63, 3.8) is 0 Å². The topological polar surface area (TPSA) is 33.3 Å². The molecule has 0 aliphatic carbocycles. The summed E-state index contributed by atoms with van der Waals surface area (Å²) >= 11 is 0. The van der Waals surface area contributed by atoms with E-state index in [-0.39, 0.29) is 0 Å². The van der Waals surface area contributed by atoms with Crippen molar-refractivity contribution >= 4 is 22.7 Å². The largest absolute Gasteiger partial charge is 0.494 e. The van der Waals surface area contributed by atoms with Gasteiger partial charge in [0.15, 0.2) is 0 Å². The van der Waals surface area contributed by atoms with Gasteiger partial charge in [0, 0.05) is 0 Å². The van der Waals surface area contributed by atoms with Crippen molar-refractivity contribution < 1.29 is 4.74 Å². The molecule has 3 heteroatoms. The van der Waals surface area contributed by atoms with Crippen molar-refractivity contribution in [3.05, 3.63) is 42.5 Å². The van der Waals surface area contributed by atoms with Crippen LogP contribution in [0.1, 0.15) is 13.8 Å². The highest BCUT2D eigenvalue weighted by atomic mass is 16.5. The van der Waals surface area contributed by atoms with Gasteiger partial charge < -0.3 is 15.4 Å². The molecule has 0 spiro atoms. The van der Waals surface area contributed by atoms with Crippen molar-refractivity contribution in [3.8, 4) is 5.75 Å². The average Bonchev–Trinajstić information content (AvgIpc) is 2.46. The molecular weight excluding hydrogens is 224 g/mol. The highest BCUT2D eigenvalue weighted by Crippen LogP contribution is 2.42. The fourth-order valence-electron chi connectivity index (χ4n) is 1.92. The lowest BCUT2D eigenvalue weighted by atomic mass is 10.1. The molecular formula is C15H18N2O. The molecule has 0 bridgehead atoms. The Labute approximate surface area is 108 Å². The quantitative estimate of drug-likeness (QED) is 0.658. The summed E-state index contributed by atoms with van der Waals surface area (Å²) in [5.74, 6) is 0.847. The number of benzene rings is 2. The smallest absolute Gasteiger partial charge is 0.144 e. The van der Waals surface area contributed by atoms with Crippen molar-refractivity contribution in [2.24, 2.45) is 0 Å². The van der Waals surface area contributed by atoms with Crippen LogP contribution in [0.3, 0.4) is 0 Å². The standard InChI is InChI=1S/C13H12N2O.C2H6/c1-16-12-8-4-7-11-13(12)15-10-6-3-2-5-9(10)14-11;1-2/h2-8,14-15H,1H3;1-2H3. The first-order chi connectivity index (χ1) is 8.88. The van der Waals surface area contributed by atoms with E-state index in [2.05, 4.69) is 10.6 Å². The molecule has 94 valence electrons. The van der Waals surface area contributed by atoms with Crippen molar-refractivity contribution in [2.45, 2.75) is 13.8 Å². The van der Waals surface area contributed by atoms with Gasteiger partial charge >= 0.3 is 0 Å². The number of hydrogen-bond acceptors (Lipinski definition) is 3. The van der Waals surface area contributed by atoms with E-state index in [4.69, 9.17) is 4.74 Å². The Hall–Kier alpha value is -2.16. The zero-order valence-corrected chi connectivity index (χ0v) is 10.9. The predicted molar refractivity (Wildman–Crippen MR) is 77.3 cm³/mol. The minimum Gasteiger partial charge on any atom is -0.494 e. The third-order valence-electron chi connectivity index (χ3n) is 2.70. The van der Waals surface area contributed by atoms with E-state index < -0.39 is 0 Å². The molecule has 0 amide bonds. The average molecular weight is 242 g/mol. The van der Waals surface area contributed by atoms with Gasteiger partial charge in [0.2, 0.25) is 0 Å². The molecule has 0 unspecified atom stereocenters. The van der Waals surface area contributed by atoms with Crippen LogP contribution < -0.4 is 15.4 Å². The van der Waals surface area contributed by atoms with Crippen LogP contribution in [0.4, 0.5) is 22.7 Å². The number of anilines is 4. The number of hydrogen-bond donors (Lipinski definition) is 2. The van der Waals surface area contributed by atoms with Gasteiger partial charge in [0.1, 0.15) is 11.4 Å². The Kier molecular flexibility index (Phi) is 3.72. The number of methoxy groups -OCH3 is 1. The fourth-order valence-corrected chi connectivity index (χ4v) is 1.92. The zero-order chi connectivity index (χ0) is 13.0. The lowest BCUT2D eigenvalue weighted by molar-refractivity contribution is 0.417. The van der Waals surface area contributed by atoms with Crippen LogP contribution in [0, 0.1) is 0 Å². The van der Waals surface area contributed by atoms with Gasteiger partial charge in [0.05, 0.1) is 24.2 Å². The Balaban J connectivity index is 0.000000574. The number of rotatable bonds is 1. The summed E-state index contributed by atoms with van der Waals surface area (Å²) in [5, 5.41) is 6.75. The van der Waals surface area contributed by atoms with Gasteiger partial charge in [-0.3, -0.25) is 0 Å². The van der Waals surface area contributed by atoms with E-state index in [9.17, 15) is 0 Å². The summed E-state index contributed by atoms with van der Waals surface area (Å²) in [4.78, 5) is 0. The minimum absolute atomic E-state index is 0.847. The first kappa shape index (κ1) is 12.3. The van der Waals surface area contributed by atoms with Crippen LogP contribution in [0.25, 0.3) is 0 Å². The lowest BCUT2D eigenvalue weighted by Crippen LogP contribution is -2.07. The third-order valence-corrected chi connectivity index (χ3v) is 2.70. The second-order valence-electron chi connectivity index (χ2n) is 3.68. The van der Waals surface area contributed by atoms with E-state index in [1.54, 1.807) is 7.11 Å². The van der Waals surface area contributed by atoms with Gasteiger partial charge in [-0.25, -0.2) is 0 Å². The van der Waals surface area contributed by atoms with Crippen LogP contribution in [-0.2, 0) is 0 Å². The van der Waals surface area contributed by atoms with Crippen molar-refractivity contribution in [1.29, 1.82) is 0 Å². The summed E-state index contributed by atoms with van der Waals surface area (Å²) in [6.45, 7) is 4.00. The van der Waals surface area contributed by atoms with E-state index in [1.807, 2.05) is 56.3 Å². The Morgan fingerprint density at radius 2 is 1.39 bits per heavy atom. The van der Waals surface area contributed by atoms with E-state index in [0.29, 0.717) is 0 Å². The van der Waals surface area contributed by atoms with Crippen LogP contribution in [0.2, 0.25) is 0 Å². The van der Waals surface area contributed by atoms with Crippen LogP contribution >= 0.6 is 0 Å². The molecule has 1 heterocycles. The molecule has 0 saturated carbocycles. The first-order valence-corrected chi connectivity index (χ1v) is 6.18. The summed E-state index contributed by atoms with van der Waals surface area (Å²) in [6, 6.07) is 14.1. The van der Waals surface area contributed by atoms with Gasteiger partial charge in [0.25, 0.3) is 0 Å². The maximum absolute atomic E-state index is 5.33. The fraction of sp³-hybridized carbons (Fsp3) is 0.200. The van der Waals surface area contributed by atoms with E-state index in [0.717, 1.165) is 28.5 Å². The number of para-hydroxylation sites is 3. The number of fused-ring (bicyclic) bond motifs is 2. The van der Waals surface area contributed by atoms with Crippen LogP contribution in [-0.4, -0.2) is 7.11 Å². The summed E-state index contributed by atoms with van der Waals surface area (Å²) in [7, 11) is 1.68. The van der Waals surface area contributed by atoms with E-state index >= 15 is 0 Å². The van der Waals surface area contributed by atoms with Gasteiger partial charge in [-0.15, -0.1) is 0 Å². The molecule has 0 radical (unpaired) electrons. The van der Waals surface area contributed by atoms with Crippen LogP contribution in [0.5, 0.6) is 5.75 Å². The number of nitrogens with one attached hydrogen (secondary N) is 2. The summed E-state index contributed by atoms with van der Waals surface area (Å²) in [6.07, 6.45) is 0. The molecule has 2 aromatic rings. The molecule has 0 fully saturated rings. The molecule has 0 saturated heterocycles. The molecule has 2 N–H and O–H groups in total. The second-order valence-corrected chi connectivity index (χ2v) is 3.68. The predicted octanol–water partition coefficient (Wildman–Crippen LogP) is 4.52. The van der Waals surface area contributed by atoms with Crippen LogP contribution in [0.15, 0.2) is 42.5 Å². The summed E-state index contributed by atoms with van der Waals surface area (Å²) in [5.41, 5.74) is 4.18. The highest BCUT2D eigenvalue weighted by Gasteiger charge is 2.16. The SMILES string of the molecule is CC.COc1cccc2c1Nc1ccccc1N2. The molecule has 18 heavy (non-hydrogen) atoms. The van der Waals surface area contributed by atoms with Gasteiger partial charge in [-0.1, -0.05) is 32.0 Å². The zero-order valence-electron chi connectivity index (χ0n) is 10.9. The molecule has 1 aliphatic heterocycles. The maximum Gasteiger partial charge on any atom is 0.144 e. The first-order valence-electron chi connectivity index (χ1n) is 6.18. The van der Waals surface area contributed by atoms with Crippen molar-refractivity contribution in [2.75, 3.05) is 17.7 Å². The molecule has 1 aliphatic rings. The maximum atomic E-state index is 5.33. The Morgan fingerprint density at radius 1 is 0.778 bits per heavy atom. The molecule has 2 aromatic carbocycles. The molecule has 3 rings (SSSR count). The Bertz CT molecular complexity index is 538. The molecule has 3 nitrogen and oxygen atoms in total. The minimum atomic E-state index is 0.847. The molecule has 0 atom stereocenters. The third kappa shape index (κ3) is 2.12. The second kappa shape index (κ2) is 5.45. The lowest BCUT2D eigenvalue weighted by Gasteiger charge is -2.24. The van der Waals surface area contributed by atoms with Gasteiger partial charge in [-0.05, 0) is 24.3 Å². The molecule has 0 aromatic heterocycles. The Morgan fingerprint density at radius 3 is 2.06 bits per heavy atom. The summed E-state index contributed by atoms with van der Waals surface area (Å²) < 4.78 is 5.33. The monoisotopic (exact) mass is 242 g/mol. The highest BCUT2D eigenvalue weighted by molar-refractivity contribution is 5.92. The number of ether oxygens (including phenoxy) is 1. The normalized spacial score (nSPS) is 10.8. The van der Waals surface area contributed by atoms with Gasteiger partial charge in [-0.2, -0.15) is 0 Å².